The average molecular weight is 191 g/mol. The van der Waals surface area contributed by atoms with E-state index in [2.05, 4.69) is 4.74 Å². The molecule has 2 unspecified atom stereocenters. The number of amides is 2. The summed E-state index contributed by atoms with van der Waals surface area (Å²) in [7, 11) is 0. The number of rotatable bonds is 1. The second kappa shape index (κ2) is 2.68. The number of carbonyl (C=O) groups excluding carboxylic acids is 2. The molecule has 0 bridgehead atoms. The Kier molecular flexibility index (Phi) is 1.94. The molecule has 0 aliphatic carbocycles. The Morgan fingerprint density at radius 1 is 1.54 bits per heavy atom. The highest BCUT2D eigenvalue weighted by molar-refractivity contribution is 6.10. The zero-order chi connectivity index (χ0) is 10.2. The molecule has 1 aliphatic heterocycles. The van der Waals surface area contributed by atoms with Crippen molar-refractivity contribution >= 4 is 18.0 Å². The van der Waals surface area contributed by atoms with Crippen molar-refractivity contribution in [1.29, 1.82) is 0 Å². The highest BCUT2D eigenvalue weighted by Crippen LogP contribution is 2.19. The van der Waals surface area contributed by atoms with E-state index >= 15 is 0 Å². The van der Waals surface area contributed by atoms with Crippen molar-refractivity contribution < 1.29 is 34.4 Å². The second-order valence-electron chi connectivity index (χ2n) is 2.29. The van der Waals surface area contributed by atoms with Crippen LogP contribution >= 0.6 is 0 Å². The summed E-state index contributed by atoms with van der Waals surface area (Å²) in [6.07, 6.45) is -4.22. The van der Waals surface area contributed by atoms with Gasteiger partial charge in [-0.05, 0) is 0 Å². The topological polar surface area (TPSA) is 133 Å². The molecule has 2 atom stereocenters. The first-order valence-corrected chi connectivity index (χ1v) is 3.05. The molecule has 8 nitrogen and oxygen atoms in total. The van der Waals surface area contributed by atoms with Crippen molar-refractivity contribution in [1.82, 2.24) is 5.32 Å². The SMILES string of the molecule is O=C(O)OC1(O)C(=O)NC(=O)C1O. The molecule has 8 heteroatoms. The first kappa shape index (κ1) is 9.42. The maximum atomic E-state index is 10.7. The molecular formula is C5H5NO7. The number of imide groups is 1. The van der Waals surface area contributed by atoms with E-state index in [4.69, 9.17) is 15.3 Å². The molecule has 0 spiro atoms. The number of aliphatic hydroxyl groups excluding tert-OH is 1. The lowest BCUT2D eigenvalue weighted by atomic mass is 10.2. The lowest BCUT2D eigenvalue weighted by molar-refractivity contribution is -0.210. The van der Waals surface area contributed by atoms with Gasteiger partial charge in [0.1, 0.15) is 0 Å². The molecule has 0 radical (unpaired) electrons. The van der Waals surface area contributed by atoms with E-state index in [1.54, 1.807) is 0 Å². The van der Waals surface area contributed by atoms with Crippen molar-refractivity contribution in [3.63, 3.8) is 0 Å². The second-order valence-corrected chi connectivity index (χ2v) is 2.29. The van der Waals surface area contributed by atoms with Gasteiger partial charge in [-0.1, -0.05) is 0 Å². The van der Waals surface area contributed by atoms with E-state index in [1.807, 2.05) is 0 Å². The number of carboxylic acid groups (broad SMARTS) is 1. The maximum absolute atomic E-state index is 10.7. The third-order valence-corrected chi connectivity index (χ3v) is 1.42. The normalized spacial score (nSPS) is 32.9. The number of aliphatic hydroxyl groups is 2. The van der Waals surface area contributed by atoms with Gasteiger partial charge < -0.3 is 20.1 Å². The van der Waals surface area contributed by atoms with Gasteiger partial charge in [0.15, 0.2) is 0 Å². The predicted molar refractivity (Wildman–Crippen MR) is 33.2 cm³/mol. The lowest BCUT2D eigenvalue weighted by Gasteiger charge is -2.19. The summed E-state index contributed by atoms with van der Waals surface area (Å²) in [6, 6.07) is 0. The number of ether oxygens (including phenoxy) is 1. The molecule has 72 valence electrons. The summed E-state index contributed by atoms with van der Waals surface area (Å²) in [6.45, 7) is 0. The molecule has 4 N–H and O–H groups in total. The number of nitrogens with one attached hydrogen (secondary N) is 1. The van der Waals surface area contributed by atoms with Gasteiger partial charge in [-0.3, -0.25) is 14.9 Å². The molecule has 1 rings (SSSR count). The van der Waals surface area contributed by atoms with Crippen LogP contribution in [0.5, 0.6) is 0 Å². The molecule has 1 fully saturated rings. The summed E-state index contributed by atoms with van der Waals surface area (Å²) in [5, 5.41) is 27.5. The van der Waals surface area contributed by atoms with Gasteiger partial charge in [0.05, 0.1) is 0 Å². The zero-order valence-corrected chi connectivity index (χ0v) is 6.05. The molecule has 0 saturated carbocycles. The van der Waals surface area contributed by atoms with E-state index < -0.39 is 29.9 Å². The minimum Gasteiger partial charge on any atom is -0.450 e. The Morgan fingerprint density at radius 2 is 2.08 bits per heavy atom. The van der Waals surface area contributed by atoms with Crippen molar-refractivity contribution in [2.24, 2.45) is 0 Å². The Bertz CT molecular complexity index is 287. The first-order chi connectivity index (χ1) is 5.88. The van der Waals surface area contributed by atoms with E-state index in [-0.39, 0.29) is 0 Å². The zero-order valence-electron chi connectivity index (χ0n) is 6.05. The Balaban J connectivity index is 2.93. The third kappa shape index (κ3) is 1.32. The van der Waals surface area contributed by atoms with Crippen molar-refractivity contribution in [3.8, 4) is 0 Å². The van der Waals surface area contributed by atoms with Gasteiger partial charge in [0.2, 0.25) is 6.10 Å². The average Bonchev–Trinajstić information content (AvgIpc) is 2.15. The first-order valence-electron chi connectivity index (χ1n) is 3.05. The summed E-state index contributed by atoms with van der Waals surface area (Å²) in [5.41, 5.74) is 0. The summed E-state index contributed by atoms with van der Waals surface area (Å²) in [5.74, 6) is -5.66. The fraction of sp³-hybridized carbons (Fsp3) is 0.400. The highest BCUT2D eigenvalue weighted by Gasteiger charge is 2.58. The standard InChI is InChI=1S/C5H5NO7/c7-1-2(8)6-3(9)5(1,12)13-4(10)11/h1,7,12H,(H,10,11)(H,6,8,9). The van der Waals surface area contributed by atoms with Gasteiger partial charge in [-0.15, -0.1) is 0 Å². The summed E-state index contributed by atoms with van der Waals surface area (Å²) >= 11 is 0. The predicted octanol–water partition coefficient (Wildman–Crippen LogP) is -2.61. The molecule has 0 aromatic heterocycles. The molecule has 1 aliphatic rings. The minimum atomic E-state index is -3.04. The number of hydrogen-bond donors (Lipinski definition) is 4. The van der Waals surface area contributed by atoms with E-state index in [0.29, 0.717) is 0 Å². The van der Waals surface area contributed by atoms with E-state index in [1.165, 1.54) is 5.32 Å². The fourth-order valence-corrected chi connectivity index (χ4v) is 0.807. The van der Waals surface area contributed by atoms with Gasteiger partial charge in [-0.25, -0.2) is 4.79 Å². The molecule has 13 heavy (non-hydrogen) atoms. The quantitative estimate of drug-likeness (QED) is 0.202. The summed E-state index contributed by atoms with van der Waals surface area (Å²) in [4.78, 5) is 31.3. The Morgan fingerprint density at radius 3 is 2.38 bits per heavy atom. The van der Waals surface area contributed by atoms with Crippen LogP contribution in [0.4, 0.5) is 4.79 Å². The van der Waals surface area contributed by atoms with Gasteiger partial charge in [0, 0.05) is 0 Å². The summed E-state index contributed by atoms with van der Waals surface area (Å²) < 4.78 is 3.68. The lowest BCUT2D eigenvalue weighted by Crippen LogP contribution is -2.49. The number of hydrogen-bond acceptors (Lipinski definition) is 6. The molecular weight excluding hydrogens is 186 g/mol. The smallest absolute Gasteiger partial charge is 0.450 e. The van der Waals surface area contributed by atoms with E-state index in [0.717, 1.165) is 0 Å². The molecule has 0 aromatic rings. The molecule has 1 heterocycles. The van der Waals surface area contributed by atoms with Crippen LogP contribution in [0.15, 0.2) is 0 Å². The van der Waals surface area contributed by atoms with Crippen molar-refractivity contribution in [2.75, 3.05) is 0 Å². The largest absolute Gasteiger partial charge is 0.508 e. The number of carbonyl (C=O) groups is 3. The van der Waals surface area contributed by atoms with Crippen LogP contribution < -0.4 is 5.32 Å². The monoisotopic (exact) mass is 191 g/mol. The van der Waals surface area contributed by atoms with E-state index in [9.17, 15) is 14.4 Å². The van der Waals surface area contributed by atoms with Crippen LogP contribution in [0.3, 0.4) is 0 Å². The van der Waals surface area contributed by atoms with Gasteiger partial charge in [-0.2, -0.15) is 0 Å². The molecule has 2 amide bonds. The highest BCUT2D eigenvalue weighted by atomic mass is 16.7. The van der Waals surface area contributed by atoms with Gasteiger partial charge in [0.25, 0.3) is 5.91 Å². The minimum absolute atomic E-state index is 1.21. The van der Waals surface area contributed by atoms with Crippen molar-refractivity contribution in [2.45, 2.75) is 11.9 Å². The van der Waals surface area contributed by atoms with Crippen LogP contribution in [0, 0.1) is 0 Å². The molecule has 1 saturated heterocycles. The fourth-order valence-electron chi connectivity index (χ4n) is 0.807. The van der Waals surface area contributed by atoms with Crippen LogP contribution in [0.2, 0.25) is 0 Å². The Labute approximate surface area is 70.7 Å². The van der Waals surface area contributed by atoms with Crippen LogP contribution in [-0.2, 0) is 14.3 Å². The van der Waals surface area contributed by atoms with Gasteiger partial charge >= 0.3 is 17.8 Å². The van der Waals surface area contributed by atoms with Crippen LogP contribution in [-0.4, -0.2) is 45.2 Å². The van der Waals surface area contributed by atoms with Crippen LogP contribution in [0.25, 0.3) is 0 Å². The third-order valence-electron chi connectivity index (χ3n) is 1.42. The Hall–Kier alpha value is -1.67. The van der Waals surface area contributed by atoms with Crippen LogP contribution in [0.1, 0.15) is 0 Å². The molecule has 0 aromatic carbocycles. The maximum Gasteiger partial charge on any atom is 0.508 e. The van der Waals surface area contributed by atoms with Crippen molar-refractivity contribution in [3.05, 3.63) is 0 Å².